The Kier molecular flexibility index (Phi) is 6.35. The molecule has 0 unspecified atom stereocenters. The van der Waals surface area contributed by atoms with E-state index in [0.717, 1.165) is 49.4 Å². The van der Waals surface area contributed by atoms with Gasteiger partial charge in [-0.15, -0.1) is 0 Å². The minimum absolute atomic E-state index is 0.835. The van der Waals surface area contributed by atoms with Gasteiger partial charge in [-0.3, -0.25) is 0 Å². The zero-order chi connectivity index (χ0) is 17.8. The van der Waals surface area contributed by atoms with Crippen molar-refractivity contribution in [3.05, 3.63) is 49.5 Å². The third kappa shape index (κ3) is 4.95. The van der Waals surface area contributed by atoms with E-state index in [1.54, 1.807) is 6.34 Å². The van der Waals surface area contributed by atoms with Crippen LogP contribution in [-0.2, 0) is 0 Å². The number of benzene rings is 2. The summed E-state index contributed by atoms with van der Waals surface area (Å²) in [5.74, 6) is 1.70. The Bertz CT molecular complexity index is 788. The summed E-state index contributed by atoms with van der Waals surface area (Å²) < 4.78 is 8.26. The molecule has 0 spiro atoms. The fraction of sp³-hybridized carbons (Fsp3) is 0.316. The van der Waals surface area contributed by atoms with Crippen LogP contribution in [0.25, 0.3) is 0 Å². The molecule has 3 rings (SSSR count). The lowest BCUT2D eigenvalue weighted by molar-refractivity contribution is 0.300. The zero-order valence-electron chi connectivity index (χ0n) is 14.4. The molecule has 4 nitrogen and oxygen atoms in total. The topological polar surface area (TPSA) is 36.9 Å². The van der Waals surface area contributed by atoms with Gasteiger partial charge in [-0.05, 0) is 107 Å². The molecular formula is C19H21BrIN3O. The van der Waals surface area contributed by atoms with Crippen molar-refractivity contribution in [1.29, 1.82) is 0 Å². The molecule has 132 valence electrons. The van der Waals surface area contributed by atoms with Crippen molar-refractivity contribution < 1.29 is 4.74 Å². The maximum absolute atomic E-state index is 6.07. The molecule has 1 saturated heterocycles. The zero-order valence-corrected chi connectivity index (χ0v) is 18.1. The second kappa shape index (κ2) is 8.51. The molecule has 1 fully saturated rings. The number of hydrogen-bond acceptors (Lipinski definition) is 3. The highest BCUT2D eigenvalue weighted by molar-refractivity contribution is 14.1. The second-order valence-electron chi connectivity index (χ2n) is 6.16. The highest BCUT2D eigenvalue weighted by Crippen LogP contribution is 2.33. The van der Waals surface area contributed by atoms with Crippen LogP contribution in [0.4, 0.5) is 5.69 Å². The van der Waals surface area contributed by atoms with Crippen LogP contribution in [-0.4, -0.2) is 24.4 Å². The van der Waals surface area contributed by atoms with Crippen LogP contribution in [0.2, 0.25) is 0 Å². The van der Waals surface area contributed by atoms with E-state index >= 15 is 0 Å². The van der Waals surface area contributed by atoms with Gasteiger partial charge in [0.2, 0.25) is 0 Å². The summed E-state index contributed by atoms with van der Waals surface area (Å²) in [6.07, 6.45) is 4.28. The Morgan fingerprint density at radius 3 is 2.64 bits per heavy atom. The minimum atomic E-state index is 0.835. The molecule has 1 N–H and O–H groups in total. The minimum Gasteiger partial charge on any atom is -0.457 e. The molecule has 0 aliphatic carbocycles. The first-order valence-electron chi connectivity index (χ1n) is 8.31. The van der Waals surface area contributed by atoms with Crippen LogP contribution >= 0.6 is 38.5 Å². The third-order valence-corrected chi connectivity index (χ3v) is 6.49. The Morgan fingerprint density at radius 2 is 1.92 bits per heavy atom. The predicted octanol–water partition coefficient (Wildman–Crippen LogP) is 5.72. The first-order chi connectivity index (χ1) is 12.0. The van der Waals surface area contributed by atoms with Gasteiger partial charge in [0.25, 0.3) is 0 Å². The van der Waals surface area contributed by atoms with Crippen LogP contribution in [0, 0.1) is 17.4 Å². The number of ether oxygens (including phenoxy) is 1. The van der Waals surface area contributed by atoms with Crippen molar-refractivity contribution in [3.8, 4) is 11.5 Å². The van der Waals surface area contributed by atoms with Crippen molar-refractivity contribution in [2.45, 2.75) is 26.7 Å². The van der Waals surface area contributed by atoms with Gasteiger partial charge < -0.3 is 10.2 Å². The largest absolute Gasteiger partial charge is 0.457 e. The van der Waals surface area contributed by atoms with Crippen LogP contribution in [0.3, 0.4) is 0 Å². The summed E-state index contributed by atoms with van der Waals surface area (Å²) in [4.78, 5) is 4.56. The SMILES string of the molecule is Cc1cc(Oc2ccc(Br)c(I)c2)c(C)cc1/N=C/NN1CCCC1. The van der Waals surface area contributed by atoms with Crippen LogP contribution < -0.4 is 10.2 Å². The summed E-state index contributed by atoms with van der Waals surface area (Å²) in [6.45, 7) is 6.28. The van der Waals surface area contributed by atoms with Gasteiger partial charge in [-0.1, -0.05) is 0 Å². The van der Waals surface area contributed by atoms with Gasteiger partial charge in [0.1, 0.15) is 17.8 Å². The molecule has 6 heteroatoms. The number of halogens is 2. The molecule has 2 aromatic rings. The summed E-state index contributed by atoms with van der Waals surface area (Å²) in [7, 11) is 0. The quantitative estimate of drug-likeness (QED) is 0.315. The smallest absolute Gasteiger partial charge is 0.130 e. The van der Waals surface area contributed by atoms with E-state index in [0.29, 0.717) is 0 Å². The summed E-state index contributed by atoms with van der Waals surface area (Å²) >= 11 is 5.80. The fourth-order valence-electron chi connectivity index (χ4n) is 2.72. The number of hydrazine groups is 1. The number of aliphatic imine (C=N–C) groups is 1. The van der Waals surface area contributed by atoms with Crippen LogP contribution in [0.1, 0.15) is 24.0 Å². The van der Waals surface area contributed by atoms with E-state index in [2.05, 4.69) is 66.9 Å². The van der Waals surface area contributed by atoms with Gasteiger partial charge in [0.05, 0.1) is 5.69 Å². The van der Waals surface area contributed by atoms with Crippen molar-refractivity contribution in [2.24, 2.45) is 4.99 Å². The molecule has 1 heterocycles. The van der Waals surface area contributed by atoms with E-state index in [1.165, 1.54) is 12.8 Å². The monoisotopic (exact) mass is 513 g/mol. The van der Waals surface area contributed by atoms with Gasteiger partial charge in [0, 0.05) is 21.1 Å². The summed E-state index contributed by atoms with van der Waals surface area (Å²) in [5, 5.41) is 2.19. The molecule has 25 heavy (non-hydrogen) atoms. The van der Waals surface area contributed by atoms with Crippen molar-refractivity contribution in [2.75, 3.05) is 13.1 Å². The van der Waals surface area contributed by atoms with Crippen LogP contribution in [0.5, 0.6) is 11.5 Å². The molecule has 0 radical (unpaired) electrons. The molecule has 0 aromatic heterocycles. The Labute approximate surface area is 170 Å². The Morgan fingerprint density at radius 1 is 1.16 bits per heavy atom. The first-order valence-corrected chi connectivity index (χ1v) is 10.2. The molecule has 1 aliphatic rings. The summed E-state index contributed by atoms with van der Waals surface area (Å²) in [5.41, 5.74) is 6.36. The van der Waals surface area contributed by atoms with Gasteiger partial charge in [-0.2, -0.15) is 0 Å². The lowest BCUT2D eigenvalue weighted by Crippen LogP contribution is -2.33. The van der Waals surface area contributed by atoms with Gasteiger partial charge in [-0.25, -0.2) is 10.0 Å². The van der Waals surface area contributed by atoms with Gasteiger partial charge in [0.15, 0.2) is 0 Å². The third-order valence-electron chi connectivity index (χ3n) is 4.16. The van der Waals surface area contributed by atoms with Crippen molar-refractivity contribution in [3.63, 3.8) is 0 Å². The van der Waals surface area contributed by atoms with E-state index in [9.17, 15) is 0 Å². The molecule has 0 bridgehead atoms. The number of rotatable bonds is 5. The predicted molar refractivity (Wildman–Crippen MR) is 115 cm³/mol. The molecule has 0 atom stereocenters. The lowest BCUT2D eigenvalue weighted by atomic mass is 10.1. The average molecular weight is 514 g/mol. The maximum Gasteiger partial charge on any atom is 0.130 e. The standard InChI is InChI=1S/C19H21BrIN3O/c1-13-10-19(25-15-5-6-16(20)17(21)11-15)14(2)9-18(13)22-12-23-24-7-3-4-8-24/h5-6,9-12H,3-4,7-8H2,1-2H3,(H,22,23). The Hall–Kier alpha value is -1.12. The molecule has 0 amide bonds. The molecule has 1 aliphatic heterocycles. The molecular weight excluding hydrogens is 493 g/mol. The van der Waals surface area contributed by atoms with Gasteiger partial charge >= 0.3 is 0 Å². The second-order valence-corrected chi connectivity index (χ2v) is 8.18. The summed E-state index contributed by atoms with van der Waals surface area (Å²) in [6, 6.07) is 10.1. The highest BCUT2D eigenvalue weighted by atomic mass is 127. The normalized spacial score (nSPS) is 15.0. The molecule has 0 saturated carbocycles. The van der Waals surface area contributed by atoms with E-state index in [-0.39, 0.29) is 0 Å². The highest BCUT2D eigenvalue weighted by Gasteiger charge is 2.10. The van der Waals surface area contributed by atoms with E-state index in [1.807, 2.05) is 31.2 Å². The number of hydrogen-bond donors (Lipinski definition) is 1. The average Bonchev–Trinajstić information content (AvgIpc) is 3.09. The lowest BCUT2D eigenvalue weighted by Gasteiger charge is -2.14. The van der Waals surface area contributed by atoms with E-state index < -0.39 is 0 Å². The van der Waals surface area contributed by atoms with Crippen molar-refractivity contribution in [1.82, 2.24) is 10.4 Å². The maximum atomic E-state index is 6.07. The number of nitrogens with zero attached hydrogens (tertiary/aromatic N) is 2. The fourth-order valence-corrected chi connectivity index (χ4v) is 3.45. The Balaban J connectivity index is 1.72. The molecule has 2 aromatic carbocycles. The number of aryl methyl sites for hydroxylation is 2. The first kappa shape index (κ1) is 18.7. The number of nitrogens with one attached hydrogen (secondary N) is 1. The van der Waals surface area contributed by atoms with E-state index in [4.69, 9.17) is 4.74 Å². The van der Waals surface area contributed by atoms with Crippen molar-refractivity contribution >= 4 is 50.5 Å². The van der Waals surface area contributed by atoms with Crippen LogP contribution in [0.15, 0.2) is 39.8 Å².